The van der Waals surface area contributed by atoms with Gasteiger partial charge in [-0.3, -0.25) is 5.43 Å². The number of hydrazone groups is 1. The number of carbonyl (C=O) groups is 1. The van der Waals surface area contributed by atoms with Crippen LogP contribution in [0.25, 0.3) is 11.3 Å². The molecule has 0 amide bonds. The summed E-state index contributed by atoms with van der Waals surface area (Å²) < 4.78 is 15.9. The predicted molar refractivity (Wildman–Crippen MR) is 114 cm³/mol. The molecule has 3 rings (SSSR count). The Hall–Kier alpha value is -3.39. The quantitative estimate of drug-likeness (QED) is 0.335. The summed E-state index contributed by atoms with van der Waals surface area (Å²) >= 11 is 1.18. The van der Waals surface area contributed by atoms with E-state index in [2.05, 4.69) is 15.5 Å². The lowest BCUT2D eigenvalue weighted by molar-refractivity contribution is 0.0607. The minimum Gasteiger partial charge on any atom is -0.492 e. The molecule has 8 heteroatoms. The summed E-state index contributed by atoms with van der Waals surface area (Å²) in [5, 5.41) is 4.71. The van der Waals surface area contributed by atoms with Crippen LogP contribution >= 0.6 is 11.3 Å². The first-order valence-electron chi connectivity index (χ1n) is 8.91. The molecule has 0 radical (unpaired) electrons. The fourth-order valence-corrected chi connectivity index (χ4v) is 3.53. The molecule has 150 valence electrons. The minimum absolute atomic E-state index is 0.410. The highest BCUT2D eigenvalue weighted by molar-refractivity contribution is 7.17. The first kappa shape index (κ1) is 20.3. The first-order chi connectivity index (χ1) is 14.2. The lowest BCUT2D eigenvalue weighted by Gasteiger charge is -2.10. The Bertz CT molecular complexity index is 1000. The van der Waals surface area contributed by atoms with Crippen molar-refractivity contribution in [1.82, 2.24) is 4.98 Å². The van der Waals surface area contributed by atoms with Crippen LogP contribution < -0.4 is 14.9 Å². The topological polar surface area (TPSA) is 82.0 Å². The van der Waals surface area contributed by atoms with E-state index in [9.17, 15) is 4.79 Å². The van der Waals surface area contributed by atoms with Crippen LogP contribution in [0.2, 0.25) is 0 Å². The van der Waals surface area contributed by atoms with Gasteiger partial charge in [-0.15, -0.1) is 0 Å². The molecule has 2 aromatic carbocycles. The van der Waals surface area contributed by atoms with Crippen LogP contribution in [0.15, 0.2) is 53.6 Å². The van der Waals surface area contributed by atoms with E-state index in [1.807, 2.05) is 55.5 Å². The number of hydrogen-bond acceptors (Lipinski definition) is 8. The SMILES string of the molecule is CCOc1cccc(/C=N\Nc2nc(-c3ccccc3)c(C(=O)OC)s2)c1OC. The Balaban J connectivity index is 1.85. The van der Waals surface area contributed by atoms with Crippen molar-refractivity contribution in [2.45, 2.75) is 6.92 Å². The van der Waals surface area contributed by atoms with Gasteiger partial charge in [-0.1, -0.05) is 47.7 Å². The van der Waals surface area contributed by atoms with Crippen LogP contribution in [0.1, 0.15) is 22.2 Å². The molecule has 1 N–H and O–H groups in total. The van der Waals surface area contributed by atoms with E-state index >= 15 is 0 Å². The number of methoxy groups -OCH3 is 2. The first-order valence-corrected chi connectivity index (χ1v) is 9.73. The molecule has 0 fully saturated rings. The summed E-state index contributed by atoms with van der Waals surface area (Å²) in [5.74, 6) is 0.802. The summed E-state index contributed by atoms with van der Waals surface area (Å²) in [6, 6.07) is 15.0. The minimum atomic E-state index is -0.440. The third-order valence-electron chi connectivity index (χ3n) is 3.92. The van der Waals surface area contributed by atoms with Crippen molar-refractivity contribution in [2.24, 2.45) is 5.10 Å². The standard InChI is InChI=1S/C21H21N3O4S/c1-4-28-16-12-8-11-15(18(16)26-2)13-22-24-21-23-17(14-9-6-5-7-10-14)19(29-21)20(25)27-3/h5-13H,4H2,1-3H3,(H,23,24)/b22-13-. The van der Waals surface area contributed by atoms with E-state index in [-0.39, 0.29) is 0 Å². The molecule has 0 unspecified atom stereocenters. The molecule has 0 aliphatic rings. The van der Waals surface area contributed by atoms with Crippen molar-refractivity contribution in [2.75, 3.05) is 26.3 Å². The van der Waals surface area contributed by atoms with Crippen LogP contribution in [-0.2, 0) is 4.74 Å². The van der Waals surface area contributed by atoms with Gasteiger partial charge < -0.3 is 14.2 Å². The molecule has 29 heavy (non-hydrogen) atoms. The number of carbonyl (C=O) groups excluding carboxylic acids is 1. The van der Waals surface area contributed by atoms with E-state index in [1.54, 1.807) is 13.3 Å². The van der Waals surface area contributed by atoms with Gasteiger partial charge >= 0.3 is 5.97 Å². The van der Waals surface area contributed by atoms with Crippen LogP contribution in [0.5, 0.6) is 11.5 Å². The van der Waals surface area contributed by atoms with Gasteiger partial charge in [0.25, 0.3) is 0 Å². The number of anilines is 1. The smallest absolute Gasteiger partial charge is 0.350 e. The van der Waals surface area contributed by atoms with Crippen LogP contribution in [0, 0.1) is 0 Å². The number of aromatic nitrogens is 1. The summed E-state index contributed by atoms with van der Waals surface area (Å²) in [6.07, 6.45) is 1.61. The number of thiazole rings is 1. The fraction of sp³-hybridized carbons (Fsp3) is 0.190. The Morgan fingerprint density at radius 1 is 1.17 bits per heavy atom. The molecule has 1 heterocycles. The second-order valence-electron chi connectivity index (χ2n) is 5.74. The van der Waals surface area contributed by atoms with Gasteiger partial charge in [0.05, 0.1) is 32.7 Å². The summed E-state index contributed by atoms with van der Waals surface area (Å²) in [4.78, 5) is 17.1. The molecule has 0 atom stereocenters. The van der Waals surface area contributed by atoms with Crippen molar-refractivity contribution in [3.05, 3.63) is 59.0 Å². The van der Waals surface area contributed by atoms with E-state index in [4.69, 9.17) is 14.2 Å². The van der Waals surface area contributed by atoms with Crippen LogP contribution in [0.3, 0.4) is 0 Å². The number of benzene rings is 2. The summed E-state index contributed by atoms with van der Waals surface area (Å²) in [6.45, 7) is 2.44. The number of nitrogens with one attached hydrogen (secondary N) is 1. The third-order valence-corrected chi connectivity index (χ3v) is 4.86. The second kappa shape index (κ2) is 9.70. The molecular formula is C21H21N3O4S. The largest absolute Gasteiger partial charge is 0.492 e. The van der Waals surface area contributed by atoms with E-state index in [1.165, 1.54) is 18.4 Å². The normalized spacial score (nSPS) is 10.7. The number of esters is 1. The molecule has 0 aliphatic carbocycles. The van der Waals surface area contributed by atoms with E-state index in [0.29, 0.717) is 33.8 Å². The maximum absolute atomic E-state index is 12.2. The lowest BCUT2D eigenvalue weighted by atomic mass is 10.1. The summed E-state index contributed by atoms with van der Waals surface area (Å²) in [5.41, 5.74) is 5.01. The van der Waals surface area contributed by atoms with E-state index in [0.717, 1.165) is 11.1 Å². The van der Waals surface area contributed by atoms with Crippen molar-refractivity contribution in [3.8, 4) is 22.8 Å². The third kappa shape index (κ3) is 4.72. The van der Waals surface area contributed by atoms with Crippen molar-refractivity contribution >= 4 is 28.7 Å². The molecule has 0 bridgehead atoms. The maximum Gasteiger partial charge on any atom is 0.350 e. The average Bonchev–Trinajstić information content (AvgIpc) is 3.18. The van der Waals surface area contributed by atoms with E-state index < -0.39 is 5.97 Å². The molecular weight excluding hydrogens is 390 g/mol. The predicted octanol–water partition coefficient (Wildman–Crippen LogP) is 4.45. The Kier molecular flexibility index (Phi) is 6.80. The number of hydrogen-bond donors (Lipinski definition) is 1. The molecule has 0 spiro atoms. The van der Waals surface area contributed by atoms with Gasteiger partial charge in [0, 0.05) is 11.1 Å². The monoisotopic (exact) mass is 411 g/mol. The van der Waals surface area contributed by atoms with Crippen molar-refractivity contribution < 1.29 is 19.0 Å². The van der Waals surface area contributed by atoms with Gasteiger partial charge in [0.2, 0.25) is 5.13 Å². The molecule has 0 aliphatic heterocycles. The Morgan fingerprint density at radius 3 is 2.66 bits per heavy atom. The molecule has 0 saturated carbocycles. The number of para-hydroxylation sites is 1. The van der Waals surface area contributed by atoms with Gasteiger partial charge in [-0.2, -0.15) is 5.10 Å². The summed E-state index contributed by atoms with van der Waals surface area (Å²) in [7, 11) is 2.93. The molecule has 7 nitrogen and oxygen atoms in total. The number of rotatable bonds is 8. The number of nitrogens with zero attached hydrogens (tertiary/aromatic N) is 2. The van der Waals surface area contributed by atoms with Gasteiger partial charge in [0.15, 0.2) is 11.5 Å². The van der Waals surface area contributed by atoms with Crippen molar-refractivity contribution in [3.63, 3.8) is 0 Å². The maximum atomic E-state index is 12.2. The van der Waals surface area contributed by atoms with Crippen LogP contribution in [-0.4, -0.2) is 38.0 Å². The highest BCUT2D eigenvalue weighted by Gasteiger charge is 2.20. The van der Waals surface area contributed by atoms with Gasteiger partial charge in [0.1, 0.15) is 4.88 Å². The second-order valence-corrected chi connectivity index (χ2v) is 6.74. The lowest BCUT2D eigenvalue weighted by Crippen LogP contribution is -2.00. The number of ether oxygens (including phenoxy) is 3. The highest BCUT2D eigenvalue weighted by atomic mass is 32.1. The molecule has 0 saturated heterocycles. The Labute approximate surface area is 173 Å². The van der Waals surface area contributed by atoms with Gasteiger partial charge in [-0.25, -0.2) is 9.78 Å². The Morgan fingerprint density at radius 2 is 1.97 bits per heavy atom. The zero-order chi connectivity index (χ0) is 20.6. The fourth-order valence-electron chi connectivity index (χ4n) is 2.67. The van der Waals surface area contributed by atoms with Gasteiger partial charge in [-0.05, 0) is 19.1 Å². The zero-order valence-corrected chi connectivity index (χ0v) is 17.2. The molecule has 1 aromatic heterocycles. The van der Waals surface area contributed by atoms with Crippen molar-refractivity contribution in [1.29, 1.82) is 0 Å². The average molecular weight is 411 g/mol. The zero-order valence-electron chi connectivity index (χ0n) is 16.3. The highest BCUT2D eigenvalue weighted by Crippen LogP contribution is 2.32. The van der Waals surface area contributed by atoms with Crippen LogP contribution in [0.4, 0.5) is 5.13 Å². The molecule has 3 aromatic rings.